The van der Waals surface area contributed by atoms with Gasteiger partial charge in [0.2, 0.25) is 0 Å². The molecule has 0 amide bonds. The van der Waals surface area contributed by atoms with Gasteiger partial charge >= 0.3 is 0 Å². The fourth-order valence-corrected chi connectivity index (χ4v) is 4.01. The van der Waals surface area contributed by atoms with Gasteiger partial charge in [-0.1, -0.05) is 30.3 Å². The molecule has 2 aromatic carbocycles. The third-order valence-corrected chi connectivity index (χ3v) is 5.32. The molecule has 1 aromatic heterocycles. The molecule has 0 saturated carbocycles. The van der Waals surface area contributed by atoms with Gasteiger partial charge in [0, 0.05) is 49.7 Å². The minimum absolute atomic E-state index is 0.0498. The van der Waals surface area contributed by atoms with Crippen LogP contribution in [0.25, 0.3) is 0 Å². The summed E-state index contributed by atoms with van der Waals surface area (Å²) in [6, 6.07) is 17.0. The van der Waals surface area contributed by atoms with E-state index in [1.54, 1.807) is 18.2 Å². The monoisotopic (exact) mass is 392 g/mol. The predicted molar refractivity (Wildman–Crippen MR) is 107 cm³/mol. The maximum Gasteiger partial charge on any atom is 0.274 e. The zero-order chi connectivity index (χ0) is 20.4. The van der Waals surface area contributed by atoms with E-state index in [0.717, 1.165) is 30.8 Å². The summed E-state index contributed by atoms with van der Waals surface area (Å²) in [6.07, 6.45) is 2.91. The van der Waals surface area contributed by atoms with Gasteiger partial charge < -0.3 is 4.57 Å². The SMILES string of the molecule is O=[N+]([O-])c1ccc(CN2CCCn3cccc3[C@H]2c2ccccc2[N+](=O)[O-])cc1. The molecule has 1 atom stereocenters. The number of para-hydroxylation sites is 1. The summed E-state index contributed by atoms with van der Waals surface area (Å²) < 4.78 is 2.15. The van der Waals surface area contributed by atoms with Crippen molar-refractivity contribution in [3.8, 4) is 0 Å². The summed E-state index contributed by atoms with van der Waals surface area (Å²) in [6.45, 7) is 2.14. The molecule has 0 bridgehead atoms. The largest absolute Gasteiger partial charge is 0.350 e. The lowest BCUT2D eigenvalue weighted by Gasteiger charge is -2.30. The number of nitro groups is 2. The highest BCUT2D eigenvalue weighted by Crippen LogP contribution is 2.37. The molecule has 0 aliphatic carbocycles. The topological polar surface area (TPSA) is 94.5 Å². The fourth-order valence-electron chi connectivity index (χ4n) is 4.01. The third kappa shape index (κ3) is 3.74. The highest BCUT2D eigenvalue weighted by molar-refractivity contribution is 5.46. The van der Waals surface area contributed by atoms with E-state index in [-0.39, 0.29) is 22.3 Å². The number of hydrogen-bond acceptors (Lipinski definition) is 5. The van der Waals surface area contributed by atoms with Crippen LogP contribution in [-0.4, -0.2) is 25.9 Å². The van der Waals surface area contributed by atoms with Crippen LogP contribution in [0.5, 0.6) is 0 Å². The van der Waals surface area contributed by atoms with Crippen LogP contribution in [0.4, 0.5) is 11.4 Å². The van der Waals surface area contributed by atoms with Crippen LogP contribution < -0.4 is 0 Å². The van der Waals surface area contributed by atoms with Gasteiger partial charge in [0.05, 0.1) is 21.5 Å². The average molecular weight is 392 g/mol. The molecule has 8 nitrogen and oxygen atoms in total. The van der Waals surface area contributed by atoms with Crippen molar-refractivity contribution < 1.29 is 9.85 Å². The summed E-state index contributed by atoms with van der Waals surface area (Å²) in [4.78, 5) is 24.1. The van der Waals surface area contributed by atoms with Crippen LogP contribution in [0.2, 0.25) is 0 Å². The van der Waals surface area contributed by atoms with Crippen molar-refractivity contribution in [3.63, 3.8) is 0 Å². The van der Waals surface area contributed by atoms with Crippen molar-refractivity contribution in [3.05, 3.63) is 104 Å². The second kappa shape index (κ2) is 7.84. The van der Waals surface area contributed by atoms with E-state index in [1.807, 2.05) is 30.5 Å². The first-order chi connectivity index (χ1) is 14.0. The summed E-state index contributed by atoms with van der Waals surface area (Å²) >= 11 is 0. The molecular formula is C21H20N4O4. The second-order valence-electron chi connectivity index (χ2n) is 7.09. The van der Waals surface area contributed by atoms with Gasteiger partial charge in [0.15, 0.2) is 0 Å². The van der Waals surface area contributed by atoms with Crippen molar-refractivity contribution in [2.24, 2.45) is 0 Å². The lowest BCUT2D eigenvalue weighted by atomic mass is 9.99. The average Bonchev–Trinajstić information content (AvgIpc) is 3.10. The number of benzene rings is 2. The standard InChI is InChI=1S/C21H20N4O4/c26-24(27)17-10-8-16(9-11-17)15-23-14-4-13-22-12-3-7-20(22)21(23)18-5-1-2-6-19(18)25(28)29/h1-3,5-12,21H,4,13-15H2/t21-/m1/s1. The van der Waals surface area contributed by atoms with Gasteiger partial charge in [-0.15, -0.1) is 0 Å². The Kier molecular flexibility index (Phi) is 5.09. The molecule has 3 aromatic rings. The van der Waals surface area contributed by atoms with Crippen LogP contribution >= 0.6 is 0 Å². The predicted octanol–water partition coefficient (Wildman–Crippen LogP) is 4.30. The summed E-state index contributed by atoms with van der Waals surface area (Å²) in [5.41, 5.74) is 2.74. The Morgan fingerprint density at radius 1 is 0.897 bits per heavy atom. The molecule has 0 radical (unpaired) electrons. The third-order valence-electron chi connectivity index (χ3n) is 5.32. The van der Waals surface area contributed by atoms with E-state index >= 15 is 0 Å². The maximum atomic E-state index is 11.7. The molecular weight excluding hydrogens is 372 g/mol. The molecule has 148 valence electrons. The highest BCUT2D eigenvalue weighted by Gasteiger charge is 2.32. The van der Waals surface area contributed by atoms with Crippen LogP contribution in [0, 0.1) is 20.2 Å². The maximum absolute atomic E-state index is 11.7. The Morgan fingerprint density at radius 3 is 2.38 bits per heavy atom. The molecule has 0 spiro atoms. The normalized spacial score (nSPS) is 16.8. The van der Waals surface area contributed by atoms with Crippen molar-refractivity contribution in [1.82, 2.24) is 9.47 Å². The molecule has 29 heavy (non-hydrogen) atoms. The number of fused-ring (bicyclic) bond motifs is 1. The van der Waals surface area contributed by atoms with E-state index in [2.05, 4.69) is 9.47 Å². The Labute approximate surface area is 167 Å². The van der Waals surface area contributed by atoms with Crippen molar-refractivity contribution in [2.75, 3.05) is 6.54 Å². The number of rotatable bonds is 5. The van der Waals surface area contributed by atoms with Crippen LogP contribution in [-0.2, 0) is 13.1 Å². The van der Waals surface area contributed by atoms with Crippen molar-refractivity contribution in [1.29, 1.82) is 0 Å². The smallest absolute Gasteiger partial charge is 0.274 e. The Bertz CT molecular complexity index is 1040. The fraction of sp³-hybridized carbons (Fsp3) is 0.238. The second-order valence-corrected chi connectivity index (χ2v) is 7.09. The van der Waals surface area contributed by atoms with Gasteiger partial charge in [-0.3, -0.25) is 25.1 Å². The van der Waals surface area contributed by atoms with Gasteiger partial charge in [-0.2, -0.15) is 0 Å². The van der Waals surface area contributed by atoms with E-state index in [0.29, 0.717) is 12.1 Å². The van der Waals surface area contributed by atoms with Crippen molar-refractivity contribution in [2.45, 2.75) is 25.6 Å². The number of nitrogens with zero attached hydrogens (tertiary/aromatic N) is 4. The lowest BCUT2D eigenvalue weighted by Crippen LogP contribution is -2.30. The Balaban J connectivity index is 1.75. The molecule has 0 fully saturated rings. The summed E-state index contributed by atoms with van der Waals surface area (Å²) in [7, 11) is 0. The number of hydrogen-bond donors (Lipinski definition) is 0. The zero-order valence-corrected chi connectivity index (χ0v) is 15.7. The zero-order valence-electron chi connectivity index (χ0n) is 15.7. The minimum Gasteiger partial charge on any atom is -0.350 e. The first kappa shape index (κ1) is 18.8. The van der Waals surface area contributed by atoms with E-state index in [1.165, 1.54) is 18.2 Å². The van der Waals surface area contributed by atoms with Crippen LogP contribution in [0.3, 0.4) is 0 Å². The lowest BCUT2D eigenvalue weighted by molar-refractivity contribution is -0.385. The summed E-state index contributed by atoms with van der Waals surface area (Å²) in [5.74, 6) is 0. The van der Waals surface area contributed by atoms with Gasteiger partial charge in [0.25, 0.3) is 11.4 Å². The molecule has 0 unspecified atom stereocenters. The van der Waals surface area contributed by atoms with Crippen LogP contribution in [0.1, 0.15) is 29.3 Å². The molecule has 1 aliphatic heterocycles. The van der Waals surface area contributed by atoms with Gasteiger partial charge in [-0.25, -0.2) is 0 Å². The minimum atomic E-state index is -0.418. The highest BCUT2D eigenvalue weighted by atomic mass is 16.6. The number of aromatic nitrogens is 1. The first-order valence-corrected chi connectivity index (χ1v) is 9.40. The molecule has 2 heterocycles. The van der Waals surface area contributed by atoms with Crippen LogP contribution in [0.15, 0.2) is 66.9 Å². The molecule has 4 rings (SSSR count). The number of nitro benzene ring substituents is 2. The molecule has 0 N–H and O–H groups in total. The van der Waals surface area contributed by atoms with Gasteiger partial charge in [0.1, 0.15) is 0 Å². The Morgan fingerprint density at radius 2 is 1.66 bits per heavy atom. The summed E-state index contributed by atoms with van der Waals surface area (Å²) in [5, 5.41) is 22.6. The van der Waals surface area contributed by atoms with E-state index < -0.39 is 4.92 Å². The Hall–Kier alpha value is -3.52. The molecule has 8 heteroatoms. The van der Waals surface area contributed by atoms with E-state index in [9.17, 15) is 20.2 Å². The van der Waals surface area contributed by atoms with Crippen molar-refractivity contribution >= 4 is 11.4 Å². The van der Waals surface area contributed by atoms with Gasteiger partial charge in [-0.05, 0) is 24.1 Å². The number of non-ortho nitro benzene ring substituents is 1. The van der Waals surface area contributed by atoms with E-state index in [4.69, 9.17) is 0 Å². The molecule has 1 aliphatic rings. The molecule has 0 saturated heterocycles. The first-order valence-electron chi connectivity index (χ1n) is 9.40. The quantitative estimate of drug-likeness (QED) is 0.477. The number of aryl methyl sites for hydroxylation is 1.